The van der Waals surface area contributed by atoms with Crippen LogP contribution in [0, 0.1) is 0 Å². The van der Waals surface area contributed by atoms with Crippen molar-refractivity contribution in [2.75, 3.05) is 20.7 Å². The van der Waals surface area contributed by atoms with Gasteiger partial charge in [0.05, 0.1) is 19.7 Å². The average molecular weight is 265 g/mol. The van der Waals surface area contributed by atoms with Crippen molar-refractivity contribution >= 4 is 12.1 Å². The fraction of sp³-hybridized carbons (Fsp3) is 0.333. The van der Waals surface area contributed by atoms with Crippen molar-refractivity contribution in [1.82, 2.24) is 10.2 Å². The number of rotatable bonds is 1. The zero-order valence-corrected chi connectivity index (χ0v) is 10.6. The highest BCUT2D eigenvalue weighted by atomic mass is 16.5. The Bertz CT molecular complexity index is 530. The Kier molecular flexibility index (Phi) is 3.46. The second-order valence-electron chi connectivity index (χ2n) is 4.15. The number of aliphatic imine (C=N–C) groups is 1. The molecule has 19 heavy (non-hydrogen) atoms. The highest BCUT2D eigenvalue weighted by molar-refractivity contribution is 5.94. The van der Waals surface area contributed by atoms with Crippen LogP contribution in [0.15, 0.2) is 23.2 Å². The number of nitrogens with zero attached hydrogens (tertiary/aromatic N) is 2. The highest BCUT2D eigenvalue weighted by Crippen LogP contribution is 2.33. The molecule has 0 saturated heterocycles. The molecule has 7 heteroatoms. The van der Waals surface area contributed by atoms with E-state index in [1.807, 2.05) is 0 Å². The lowest BCUT2D eigenvalue weighted by Crippen LogP contribution is -2.40. The third-order valence-electron chi connectivity index (χ3n) is 2.98. The van der Waals surface area contributed by atoms with E-state index in [2.05, 4.69) is 15.0 Å². The molecular weight excluding hydrogens is 250 g/mol. The van der Waals surface area contributed by atoms with E-state index >= 15 is 0 Å². The number of benzene rings is 1. The van der Waals surface area contributed by atoms with Crippen LogP contribution in [0.5, 0.6) is 11.5 Å². The summed E-state index contributed by atoms with van der Waals surface area (Å²) in [4.78, 5) is 17.0. The van der Waals surface area contributed by atoms with E-state index in [4.69, 9.17) is 0 Å². The molecule has 1 aromatic carbocycles. The van der Waals surface area contributed by atoms with Crippen LogP contribution in [0.1, 0.15) is 11.6 Å². The second kappa shape index (κ2) is 5.05. The van der Waals surface area contributed by atoms with E-state index in [1.54, 1.807) is 11.9 Å². The van der Waals surface area contributed by atoms with Gasteiger partial charge >= 0.3 is 6.09 Å². The number of aromatic hydroxyl groups is 2. The largest absolute Gasteiger partial charge is 0.508 e. The lowest BCUT2D eigenvalue weighted by atomic mass is 10.1. The zero-order chi connectivity index (χ0) is 14.0. The summed E-state index contributed by atoms with van der Waals surface area (Å²) in [5.41, 5.74) is 0.549. The van der Waals surface area contributed by atoms with Crippen LogP contribution in [0.25, 0.3) is 0 Å². The molecule has 1 heterocycles. The van der Waals surface area contributed by atoms with E-state index in [0.29, 0.717) is 18.1 Å². The summed E-state index contributed by atoms with van der Waals surface area (Å²) in [6, 6.07) is 4.05. The highest BCUT2D eigenvalue weighted by Gasteiger charge is 2.29. The molecule has 0 aromatic heterocycles. The fourth-order valence-electron chi connectivity index (χ4n) is 1.94. The Labute approximate surface area is 110 Å². The molecule has 0 aliphatic carbocycles. The van der Waals surface area contributed by atoms with E-state index in [1.165, 1.54) is 25.3 Å². The van der Waals surface area contributed by atoms with Gasteiger partial charge in [-0.15, -0.1) is 0 Å². The molecule has 7 nitrogen and oxygen atoms in total. The summed E-state index contributed by atoms with van der Waals surface area (Å²) in [7, 11) is 3.00. The number of carbonyl (C=O) groups is 1. The number of phenols is 2. The maximum Gasteiger partial charge on any atom is 0.413 e. The van der Waals surface area contributed by atoms with Gasteiger partial charge in [0.1, 0.15) is 11.5 Å². The van der Waals surface area contributed by atoms with Gasteiger partial charge in [0.15, 0.2) is 0 Å². The molecule has 0 bridgehead atoms. The molecule has 0 spiro atoms. The zero-order valence-electron chi connectivity index (χ0n) is 10.6. The number of nitrogens with one attached hydrogen (secondary N) is 1. The molecule has 1 atom stereocenters. The Balaban J connectivity index is 2.17. The third-order valence-corrected chi connectivity index (χ3v) is 2.98. The lowest BCUT2D eigenvalue weighted by Gasteiger charge is -2.23. The topological polar surface area (TPSA) is 94.4 Å². The number of alkyl carbamates (subject to hydrolysis) is 1. The Morgan fingerprint density at radius 1 is 1.53 bits per heavy atom. The van der Waals surface area contributed by atoms with Gasteiger partial charge in [-0.05, 0) is 18.2 Å². The number of amides is 1. The maximum atomic E-state index is 11.1. The Morgan fingerprint density at radius 3 is 2.95 bits per heavy atom. The van der Waals surface area contributed by atoms with Crippen molar-refractivity contribution in [2.45, 2.75) is 6.04 Å². The first-order valence-corrected chi connectivity index (χ1v) is 5.67. The third kappa shape index (κ3) is 2.54. The Hall–Kier alpha value is -2.44. The van der Waals surface area contributed by atoms with Gasteiger partial charge in [-0.1, -0.05) is 0 Å². The fourth-order valence-corrected chi connectivity index (χ4v) is 1.94. The molecule has 0 fully saturated rings. The summed E-state index contributed by atoms with van der Waals surface area (Å²) in [5.74, 6) is 0.499. The van der Waals surface area contributed by atoms with Gasteiger partial charge in [-0.3, -0.25) is 10.3 Å². The van der Waals surface area contributed by atoms with E-state index in [0.717, 1.165) is 0 Å². The van der Waals surface area contributed by atoms with E-state index in [-0.39, 0.29) is 17.5 Å². The molecule has 1 aliphatic rings. The van der Waals surface area contributed by atoms with Gasteiger partial charge in [0.2, 0.25) is 5.96 Å². The number of phenolic OH excluding ortho intramolecular Hbond substituents is 2. The average Bonchev–Trinajstić information content (AvgIpc) is 2.74. The number of ether oxygens (including phenoxy) is 1. The molecule has 0 saturated carbocycles. The van der Waals surface area contributed by atoms with Crippen LogP contribution in [-0.2, 0) is 4.74 Å². The molecule has 3 N–H and O–H groups in total. The molecule has 2 rings (SSSR count). The van der Waals surface area contributed by atoms with Gasteiger partial charge in [-0.25, -0.2) is 4.79 Å². The Morgan fingerprint density at radius 2 is 2.26 bits per heavy atom. The van der Waals surface area contributed by atoms with Crippen LogP contribution in [0.4, 0.5) is 4.79 Å². The van der Waals surface area contributed by atoms with Crippen LogP contribution in [0.2, 0.25) is 0 Å². The summed E-state index contributed by atoms with van der Waals surface area (Å²) in [5, 5.41) is 21.8. The number of hydrogen-bond acceptors (Lipinski definition) is 6. The molecule has 1 aliphatic heterocycles. The van der Waals surface area contributed by atoms with Crippen LogP contribution in [-0.4, -0.2) is 47.9 Å². The smallest absolute Gasteiger partial charge is 0.413 e. The summed E-state index contributed by atoms with van der Waals surface area (Å²) in [6.07, 6.45) is -0.605. The van der Waals surface area contributed by atoms with Crippen molar-refractivity contribution in [3.05, 3.63) is 23.8 Å². The maximum absolute atomic E-state index is 11.1. The van der Waals surface area contributed by atoms with Crippen LogP contribution < -0.4 is 5.32 Å². The quantitative estimate of drug-likeness (QED) is 0.653. The normalized spacial score (nSPS) is 18.1. The first-order chi connectivity index (χ1) is 9.02. The van der Waals surface area contributed by atoms with Crippen molar-refractivity contribution in [3.8, 4) is 11.5 Å². The molecule has 1 aromatic rings. The minimum Gasteiger partial charge on any atom is -0.508 e. The summed E-state index contributed by atoms with van der Waals surface area (Å²) >= 11 is 0. The summed E-state index contributed by atoms with van der Waals surface area (Å²) < 4.78 is 4.50. The summed E-state index contributed by atoms with van der Waals surface area (Å²) in [6.45, 7) is 0.368. The SMILES string of the molecule is COC(=O)NC1=NCC(c2cc(O)ccc2O)N1C. The molecular formula is C12H15N3O4. The van der Waals surface area contributed by atoms with Crippen molar-refractivity contribution in [3.63, 3.8) is 0 Å². The molecule has 102 valence electrons. The number of likely N-dealkylation sites (N-methyl/N-ethyl adjacent to an activating group) is 1. The van der Waals surface area contributed by atoms with Crippen molar-refractivity contribution in [1.29, 1.82) is 0 Å². The minimum absolute atomic E-state index is 0.0653. The molecule has 1 amide bonds. The van der Waals surface area contributed by atoms with Crippen LogP contribution in [0.3, 0.4) is 0 Å². The predicted molar refractivity (Wildman–Crippen MR) is 68.1 cm³/mol. The molecule has 1 unspecified atom stereocenters. The number of hydrogen-bond donors (Lipinski definition) is 3. The number of guanidine groups is 1. The van der Waals surface area contributed by atoms with Gasteiger partial charge < -0.3 is 19.8 Å². The number of carbonyl (C=O) groups excluding carboxylic acids is 1. The van der Waals surface area contributed by atoms with Gasteiger partial charge in [0.25, 0.3) is 0 Å². The van der Waals surface area contributed by atoms with Gasteiger partial charge in [-0.2, -0.15) is 0 Å². The van der Waals surface area contributed by atoms with E-state index in [9.17, 15) is 15.0 Å². The first kappa shape index (κ1) is 13.0. The minimum atomic E-state index is -0.605. The van der Waals surface area contributed by atoms with Crippen molar-refractivity contribution in [2.24, 2.45) is 4.99 Å². The van der Waals surface area contributed by atoms with Crippen LogP contribution >= 0.6 is 0 Å². The second-order valence-corrected chi connectivity index (χ2v) is 4.15. The predicted octanol–water partition coefficient (Wildman–Crippen LogP) is 0.796. The standard InChI is InChI=1S/C12H15N3O4/c1-15-9(6-13-11(15)14-12(18)19-2)8-5-7(16)3-4-10(8)17/h3-5,9,16-17H,6H2,1-2H3,(H,13,14,18). The van der Waals surface area contributed by atoms with Gasteiger partial charge in [0, 0.05) is 12.6 Å². The van der Waals surface area contributed by atoms with E-state index < -0.39 is 6.09 Å². The van der Waals surface area contributed by atoms with Crippen molar-refractivity contribution < 1.29 is 19.7 Å². The lowest BCUT2D eigenvalue weighted by molar-refractivity contribution is 0.175. The first-order valence-electron chi connectivity index (χ1n) is 5.67. The monoisotopic (exact) mass is 265 g/mol. The number of methoxy groups -OCH3 is 1. The molecule has 0 radical (unpaired) electrons.